The zero-order chi connectivity index (χ0) is 13.5. The molecule has 5 heteroatoms. The van der Waals surface area contributed by atoms with E-state index >= 15 is 0 Å². The number of carboxylic acids is 1. The predicted molar refractivity (Wildman–Crippen MR) is 67.6 cm³/mol. The van der Waals surface area contributed by atoms with Gasteiger partial charge < -0.3 is 21.1 Å². The third kappa shape index (κ3) is 4.05. The summed E-state index contributed by atoms with van der Waals surface area (Å²) in [6.07, 6.45) is 0. The van der Waals surface area contributed by atoms with Crippen LogP contribution in [0.5, 0.6) is 11.5 Å². The van der Waals surface area contributed by atoms with Crippen LogP contribution in [0.25, 0.3) is 0 Å². The van der Waals surface area contributed by atoms with Crippen LogP contribution in [0.4, 0.5) is 5.69 Å². The molecule has 5 nitrogen and oxygen atoms in total. The topological polar surface area (TPSA) is 104 Å². The van der Waals surface area contributed by atoms with E-state index in [2.05, 4.69) is 0 Å². The van der Waals surface area contributed by atoms with Gasteiger partial charge in [-0.1, -0.05) is 12.1 Å². The van der Waals surface area contributed by atoms with Gasteiger partial charge in [-0.05, 0) is 36.4 Å². The predicted octanol–water partition coefficient (Wildman–Crippen LogP) is 2.06. The standard InChI is InChI=1S/C7H6O3.C6H7NO/c8-6-4-2-1-3-5(6)7(9)10;7-5-1-3-6(8)4-2-5/h1-4,8H,(H,9,10);1-4,8H,7H2. The van der Waals surface area contributed by atoms with E-state index in [0.29, 0.717) is 5.69 Å². The van der Waals surface area contributed by atoms with Crippen LogP contribution in [0.15, 0.2) is 48.5 Å². The van der Waals surface area contributed by atoms with Gasteiger partial charge in [0.15, 0.2) is 0 Å². The van der Waals surface area contributed by atoms with Gasteiger partial charge in [-0.3, -0.25) is 0 Å². The molecule has 0 amide bonds. The molecule has 0 heterocycles. The van der Waals surface area contributed by atoms with E-state index in [9.17, 15) is 4.79 Å². The molecule has 0 aromatic heterocycles. The number of carbonyl (C=O) groups is 1. The summed E-state index contributed by atoms with van der Waals surface area (Å²) >= 11 is 0. The van der Waals surface area contributed by atoms with Crippen molar-refractivity contribution in [2.45, 2.75) is 0 Å². The fourth-order valence-corrected chi connectivity index (χ4v) is 1.13. The molecular formula is C13H13NO4. The zero-order valence-corrected chi connectivity index (χ0v) is 9.45. The molecule has 94 valence electrons. The van der Waals surface area contributed by atoms with E-state index in [4.69, 9.17) is 21.1 Å². The maximum atomic E-state index is 10.3. The Bertz CT molecular complexity index is 502. The first-order valence-corrected chi connectivity index (χ1v) is 5.06. The van der Waals surface area contributed by atoms with Gasteiger partial charge in [0, 0.05) is 5.69 Å². The van der Waals surface area contributed by atoms with Crippen molar-refractivity contribution >= 4 is 11.7 Å². The number of anilines is 1. The number of aromatic hydroxyl groups is 2. The molecule has 0 aliphatic carbocycles. The fourth-order valence-electron chi connectivity index (χ4n) is 1.13. The van der Waals surface area contributed by atoms with E-state index in [0.717, 1.165) is 0 Å². The SMILES string of the molecule is Nc1ccc(O)cc1.O=C(O)c1ccccc1O. The van der Waals surface area contributed by atoms with Crippen molar-refractivity contribution in [3.63, 3.8) is 0 Å². The molecular weight excluding hydrogens is 234 g/mol. The number of phenolic OH excluding ortho intramolecular Hbond substituents is 1. The highest BCUT2D eigenvalue weighted by atomic mass is 16.4. The lowest BCUT2D eigenvalue weighted by Crippen LogP contribution is -1.95. The Hall–Kier alpha value is -2.69. The van der Waals surface area contributed by atoms with Crippen LogP contribution in [0, 0.1) is 0 Å². The van der Waals surface area contributed by atoms with E-state index < -0.39 is 5.97 Å². The van der Waals surface area contributed by atoms with Gasteiger partial charge in [0.2, 0.25) is 0 Å². The number of hydrogen-bond acceptors (Lipinski definition) is 4. The smallest absolute Gasteiger partial charge is 0.339 e. The van der Waals surface area contributed by atoms with Crippen molar-refractivity contribution in [1.82, 2.24) is 0 Å². The second-order valence-corrected chi connectivity index (χ2v) is 3.41. The van der Waals surface area contributed by atoms with Crippen LogP contribution in [-0.2, 0) is 0 Å². The minimum atomic E-state index is -1.11. The highest BCUT2D eigenvalue weighted by Gasteiger charge is 2.05. The molecule has 0 fully saturated rings. The van der Waals surface area contributed by atoms with Crippen LogP contribution in [-0.4, -0.2) is 21.3 Å². The molecule has 0 radical (unpaired) electrons. The lowest BCUT2D eigenvalue weighted by Gasteiger charge is -1.95. The quantitative estimate of drug-likeness (QED) is 0.456. The van der Waals surface area contributed by atoms with Crippen molar-refractivity contribution in [3.05, 3.63) is 54.1 Å². The van der Waals surface area contributed by atoms with Gasteiger partial charge in [0.25, 0.3) is 0 Å². The van der Waals surface area contributed by atoms with E-state index in [-0.39, 0.29) is 17.1 Å². The summed E-state index contributed by atoms with van der Waals surface area (Å²) in [6, 6.07) is 12.2. The lowest BCUT2D eigenvalue weighted by molar-refractivity contribution is 0.0693. The van der Waals surface area contributed by atoms with Crippen LogP contribution in [0.1, 0.15) is 10.4 Å². The van der Waals surface area contributed by atoms with Crippen molar-refractivity contribution in [1.29, 1.82) is 0 Å². The molecule has 0 aliphatic heterocycles. The number of para-hydroxylation sites is 1. The van der Waals surface area contributed by atoms with Crippen molar-refractivity contribution in [2.24, 2.45) is 0 Å². The second-order valence-electron chi connectivity index (χ2n) is 3.41. The van der Waals surface area contributed by atoms with E-state index in [1.807, 2.05) is 0 Å². The normalized spacial score (nSPS) is 9.11. The second kappa shape index (κ2) is 6.15. The average Bonchev–Trinajstić information content (AvgIpc) is 2.34. The first-order chi connectivity index (χ1) is 8.50. The van der Waals surface area contributed by atoms with Crippen molar-refractivity contribution in [3.8, 4) is 11.5 Å². The molecule has 0 spiro atoms. The van der Waals surface area contributed by atoms with Crippen molar-refractivity contribution in [2.75, 3.05) is 5.73 Å². The number of nitrogen functional groups attached to an aromatic ring is 1. The number of carboxylic acid groups (broad SMARTS) is 1. The summed E-state index contributed by atoms with van der Waals surface area (Å²) in [4.78, 5) is 10.3. The van der Waals surface area contributed by atoms with Crippen LogP contribution in [0.3, 0.4) is 0 Å². The first-order valence-electron chi connectivity index (χ1n) is 5.06. The Morgan fingerprint density at radius 2 is 1.50 bits per heavy atom. The number of nitrogens with two attached hydrogens (primary N) is 1. The first kappa shape index (κ1) is 13.4. The molecule has 0 aliphatic rings. The molecule has 2 aromatic rings. The molecule has 0 unspecified atom stereocenters. The number of hydrogen-bond donors (Lipinski definition) is 4. The molecule has 0 atom stereocenters. The highest BCUT2D eigenvalue weighted by Crippen LogP contribution is 2.14. The van der Waals surface area contributed by atoms with Crippen LogP contribution >= 0.6 is 0 Å². The minimum Gasteiger partial charge on any atom is -0.508 e. The average molecular weight is 247 g/mol. The zero-order valence-electron chi connectivity index (χ0n) is 9.45. The number of aromatic carboxylic acids is 1. The molecule has 0 saturated heterocycles. The summed E-state index contributed by atoms with van der Waals surface area (Å²) < 4.78 is 0. The minimum absolute atomic E-state index is 0.0671. The summed E-state index contributed by atoms with van der Waals surface area (Å²) in [7, 11) is 0. The summed E-state index contributed by atoms with van der Waals surface area (Å²) in [5.74, 6) is -1.06. The molecule has 0 saturated carbocycles. The lowest BCUT2D eigenvalue weighted by atomic mass is 10.2. The number of rotatable bonds is 1. The third-order valence-electron chi connectivity index (χ3n) is 2.03. The van der Waals surface area contributed by atoms with Gasteiger partial charge in [-0.2, -0.15) is 0 Å². The summed E-state index contributed by atoms with van der Waals surface area (Å²) in [5, 5.41) is 26.0. The Morgan fingerprint density at radius 1 is 0.944 bits per heavy atom. The Balaban J connectivity index is 0.000000184. The molecule has 0 bridgehead atoms. The van der Waals surface area contributed by atoms with Gasteiger partial charge in [-0.25, -0.2) is 4.79 Å². The summed E-state index contributed by atoms with van der Waals surface area (Å²) in [6.45, 7) is 0. The monoisotopic (exact) mass is 247 g/mol. The Morgan fingerprint density at radius 3 is 1.89 bits per heavy atom. The fraction of sp³-hybridized carbons (Fsp3) is 0. The van der Waals surface area contributed by atoms with Gasteiger partial charge in [0.1, 0.15) is 17.1 Å². The highest BCUT2D eigenvalue weighted by molar-refractivity contribution is 5.90. The van der Waals surface area contributed by atoms with Crippen LogP contribution < -0.4 is 5.73 Å². The van der Waals surface area contributed by atoms with E-state index in [1.165, 1.54) is 12.1 Å². The van der Waals surface area contributed by atoms with Crippen LogP contribution in [0.2, 0.25) is 0 Å². The Labute approximate surface area is 104 Å². The summed E-state index contributed by atoms with van der Waals surface area (Å²) in [5.41, 5.74) is 5.92. The molecule has 2 aromatic carbocycles. The number of benzene rings is 2. The Kier molecular flexibility index (Phi) is 4.57. The number of phenols is 2. The molecule has 2 rings (SSSR count). The molecule has 18 heavy (non-hydrogen) atoms. The van der Waals surface area contributed by atoms with Gasteiger partial charge in [-0.15, -0.1) is 0 Å². The third-order valence-corrected chi connectivity index (χ3v) is 2.03. The van der Waals surface area contributed by atoms with Crippen molar-refractivity contribution < 1.29 is 20.1 Å². The molecule has 5 N–H and O–H groups in total. The van der Waals surface area contributed by atoms with Gasteiger partial charge in [0.05, 0.1) is 0 Å². The van der Waals surface area contributed by atoms with Gasteiger partial charge >= 0.3 is 5.97 Å². The maximum Gasteiger partial charge on any atom is 0.339 e. The largest absolute Gasteiger partial charge is 0.508 e. The maximum absolute atomic E-state index is 10.3. The van der Waals surface area contributed by atoms with E-state index in [1.54, 1.807) is 36.4 Å².